The highest BCUT2D eigenvalue weighted by Crippen LogP contribution is 2.21. The molecule has 42 heavy (non-hydrogen) atoms. The molecule has 0 unspecified atom stereocenters. The zero-order valence-corrected chi connectivity index (χ0v) is 24.3. The number of methoxy groups -OCH3 is 1. The first-order chi connectivity index (χ1) is 19.9. The van der Waals surface area contributed by atoms with Gasteiger partial charge in [-0.15, -0.1) is 0 Å². The zero-order valence-electron chi connectivity index (χ0n) is 24.3. The molecule has 0 saturated carbocycles. The van der Waals surface area contributed by atoms with Crippen LogP contribution in [0.4, 0.5) is 0 Å². The number of hydrogen-bond donors (Lipinski definition) is 5. The van der Waals surface area contributed by atoms with Crippen LogP contribution in [-0.2, 0) is 39.9 Å². The fourth-order valence-electron chi connectivity index (χ4n) is 5.11. The summed E-state index contributed by atoms with van der Waals surface area (Å²) < 4.78 is 4.87. The maximum atomic E-state index is 14.1. The molecule has 1 aromatic rings. The van der Waals surface area contributed by atoms with Crippen molar-refractivity contribution in [3.63, 3.8) is 0 Å². The van der Waals surface area contributed by atoms with E-state index in [9.17, 15) is 33.9 Å². The second-order valence-electron chi connectivity index (χ2n) is 10.9. The lowest BCUT2D eigenvalue weighted by Crippen LogP contribution is -2.58. The van der Waals surface area contributed by atoms with E-state index in [1.165, 1.54) is 19.1 Å². The van der Waals surface area contributed by atoms with Crippen LogP contribution in [0.5, 0.6) is 0 Å². The van der Waals surface area contributed by atoms with Gasteiger partial charge < -0.3 is 40.9 Å². The normalized spacial score (nSPS) is 26.1. The minimum Gasteiger partial charge on any atom is -0.394 e. The first-order valence-electron chi connectivity index (χ1n) is 13.8. The summed E-state index contributed by atoms with van der Waals surface area (Å²) in [6.07, 6.45) is 0.117. The van der Waals surface area contributed by atoms with Crippen molar-refractivity contribution in [2.45, 2.75) is 56.9 Å². The number of nitrogens with one attached hydrogen (secondary N) is 4. The highest BCUT2D eigenvalue weighted by molar-refractivity contribution is 5.97. The van der Waals surface area contributed by atoms with Crippen LogP contribution in [-0.4, -0.2) is 121 Å². The number of carbonyl (C=O) groups is 6. The standard InChI is InChI=1S/C28H40N6O8/c1-16(2)24-26(39)30-19(10-17-8-6-5-7-9-17)28(41)34-12-18(29-23(37)15-42-4)11-21(34)25(38)31-20(14-35)27(40)33(3)13-22(36)32-24/h5-9,16,18-21,24,35H,10-15H2,1-4H3,(H,29,37)(H,30,39)(H,31,38)(H,32,36)/t18-,19-,20-,21-,24+/m0/s1. The van der Waals surface area contributed by atoms with Gasteiger partial charge in [-0.25, -0.2) is 0 Å². The van der Waals surface area contributed by atoms with Crippen LogP contribution in [0.3, 0.4) is 0 Å². The molecule has 14 heteroatoms. The number of benzene rings is 1. The van der Waals surface area contributed by atoms with Crippen molar-refractivity contribution in [2.24, 2.45) is 5.92 Å². The third kappa shape index (κ3) is 8.26. The lowest BCUT2D eigenvalue weighted by Gasteiger charge is -2.30. The summed E-state index contributed by atoms with van der Waals surface area (Å²) in [6.45, 7) is 2.01. The molecule has 2 heterocycles. The Bertz CT molecular complexity index is 1160. The van der Waals surface area contributed by atoms with Crippen LogP contribution in [0, 0.1) is 5.92 Å². The van der Waals surface area contributed by atoms with Gasteiger partial charge in [-0.2, -0.15) is 0 Å². The molecule has 14 nitrogen and oxygen atoms in total. The molecule has 5 atom stereocenters. The lowest BCUT2D eigenvalue weighted by molar-refractivity contribution is -0.143. The summed E-state index contributed by atoms with van der Waals surface area (Å²) in [7, 11) is 2.70. The minimum absolute atomic E-state index is 0.0237. The van der Waals surface area contributed by atoms with Crippen molar-refractivity contribution < 1.29 is 38.6 Å². The summed E-state index contributed by atoms with van der Waals surface area (Å²) in [5.41, 5.74) is 0.747. The molecular formula is C28H40N6O8. The second-order valence-corrected chi connectivity index (χ2v) is 10.9. The molecule has 0 bridgehead atoms. The van der Waals surface area contributed by atoms with Gasteiger partial charge in [-0.05, 0) is 17.9 Å². The smallest absolute Gasteiger partial charge is 0.247 e. The van der Waals surface area contributed by atoms with E-state index in [4.69, 9.17) is 4.74 Å². The summed E-state index contributed by atoms with van der Waals surface area (Å²) in [5.74, 6) is -4.07. The van der Waals surface area contributed by atoms with E-state index in [0.29, 0.717) is 0 Å². The Kier molecular flexibility index (Phi) is 11.4. The van der Waals surface area contributed by atoms with Crippen LogP contribution < -0.4 is 21.3 Å². The summed E-state index contributed by atoms with van der Waals surface area (Å²) in [5, 5.41) is 20.6. The number of fused-ring (bicyclic) bond motifs is 1. The molecule has 2 saturated heterocycles. The Morgan fingerprint density at radius 3 is 2.31 bits per heavy atom. The third-order valence-corrected chi connectivity index (χ3v) is 7.24. The van der Waals surface area contributed by atoms with Gasteiger partial charge >= 0.3 is 0 Å². The number of ether oxygens (including phenoxy) is 1. The Labute approximate surface area is 244 Å². The van der Waals surface area contributed by atoms with Crippen molar-refractivity contribution in [3.05, 3.63) is 35.9 Å². The van der Waals surface area contributed by atoms with Crippen molar-refractivity contribution in [1.29, 1.82) is 0 Å². The number of amides is 6. The van der Waals surface area contributed by atoms with Gasteiger partial charge in [0.25, 0.3) is 0 Å². The molecule has 2 aliphatic heterocycles. The van der Waals surface area contributed by atoms with Gasteiger partial charge in [0.15, 0.2) is 0 Å². The largest absolute Gasteiger partial charge is 0.394 e. The Morgan fingerprint density at radius 1 is 1.02 bits per heavy atom. The predicted molar refractivity (Wildman–Crippen MR) is 149 cm³/mol. The summed E-state index contributed by atoms with van der Waals surface area (Å²) in [4.78, 5) is 81.5. The Balaban J connectivity index is 2.04. The molecule has 0 aromatic heterocycles. The number of aliphatic hydroxyl groups excluding tert-OH is 1. The highest BCUT2D eigenvalue weighted by Gasteiger charge is 2.44. The second kappa shape index (κ2) is 14.7. The average molecular weight is 589 g/mol. The molecule has 5 N–H and O–H groups in total. The van der Waals surface area contributed by atoms with Crippen molar-refractivity contribution >= 4 is 35.4 Å². The maximum absolute atomic E-state index is 14.1. The molecule has 3 rings (SSSR count). The first kappa shape index (κ1) is 32.5. The quantitative estimate of drug-likeness (QED) is 0.232. The van der Waals surface area contributed by atoms with Crippen LogP contribution >= 0.6 is 0 Å². The van der Waals surface area contributed by atoms with Crippen LogP contribution in [0.2, 0.25) is 0 Å². The monoisotopic (exact) mass is 588 g/mol. The van der Waals surface area contributed by atoms with Crippen molar-refractivity contribution in [3.8, 4) is 0 Å². The number of hydrogen-bond acceptors (Lipinski definition) is 8. The van der Waals surface area contributed by atoms with Gasteiger partial charge in [0, 0.05) is 33.2 Å². The van der Waals surface area contributed by atoms with Gasteiger partial charge in [-0.1, -0.05) is 44.2 Å². The zero-order chi connectivity index (χ0) is 31.0. The van der Waals surface area contributed by atoms with Gasteiger partial charge in [0.2, 0.25) is 35.4 Å². The fourth-order valence-corrected chi connectivity index (χ4v) is 5.11. The predicted octanol–water partition coefficient (Wildman–Crippen LogP) is -2.46. The topological polar surface area (TPSA) is 186 Å². The van der Waals surface area contributed by atoms with E-state index >= 15 is 0 Å². The Morgan fingerprint density at radius 2 is 1.69 bits per heavy atom. The van der Waals surface area contributed by atoms with E-state index in [1.54, 1.807) is 38.1 Å². The van der Waals surface area contributed by atoms with Gasteiger partial charge in [0.05, 0.1) is 13.2 Å². The van der Waals surface area contributed by atoms with E-state index in [-0.39, 0.29) is 31.9 Å². The SMILES string of the molecule is COCC(=O)N[C@H]1C[C@H]2C(=O)N[C@@H](CO)C(=O)N(C)CC(=O)N[C@H](C(C)C)C(=O)N[C@@H](Cc3ccccc3)C(=O)N2C1. The number of likely N-dealkylation sites (N-methyl/N-ethyl adjacent to an activating group) is 1. The van der Waals surface area contributed by atoms with Crippen LogP contribution in [0.25, 0.3) is 0 Å². The number of nitrogens with zero attached hydrogens (tertiary/aromatic N) is 2. The lowest BCUT2D eigenvalue weighted by atomic mass is 10.0. The summed E-state index contributed by atoms with van der Waals surface area (Å²) in [6, 6.07) is 3.72. The fraction of sp³-hybridized carbons (Fsp3) is 0.571. The molecular weight excluding hydrogens is 548 g/mol. The number of rotatable bonds is 7. The average Bonchev–Trinajstić information content (AvgIpc) is 3.37. The van der Waals surface area contributed by atoms with Gasteiger partial charge in [0.1, 0.15) is 30.8 Å². The van der Waals surface area contributed by atoms with E-state index < -0.39 is 78.8 Å². The summed E-state index contributed by atoms with van der Waals surface area (Å²) >= 11 is 0. The molecule has 0 spiro atoms. The van der Waals surface area contributed by atoms with Crippen LogP contribution in [0.1, 0.15) is 25.8 Å². The minimum atomic E-state index is -1.39. The van der Waals surface area contributed by atoms with Crippen molar-refractivity contribution in [1.82, 2.24) is 31.1 Å². The highest BCUT2D eigenvalue weighted by atomic mass is 16.5. The number of carbonyl (C=O) groups excluding carboxylic acids is 6. The van der Waals surface area contributed by atoms with E-state index in [2.05, 4.69) is 21.3 Å². The molecule has 6 amide bonds. The van der Waals surface area contributed by atoms with Gasteiger partial charge in [-0.3, -0.25) is 28.8 Å². The van der Waals surface area contributed by atoms with Crippen molar-refractivity contribution in [2.75, 3.05) is 40.5 Å². The number of aliphatic hydroxyl groups is 1. The molecule has 0 radical (unpaired) electrons. The molecule has 2 aliphatic rings. The molecule has 1 aromatic carbocycles. The first-order valence-corrected chi connectivity index (χ1v) is 13.8. The third-order valence-electron chi connectivity index (χ3n) is 7.24. The Hall–Kier alpha value is -4.04. The maximum Gasteiger partial charge on any atom is 0.247 e. The molecule has 230 valence electrons. The molecule has 2 fully saturated rings. The molecule has 0 aliphatic carbocycles. The van der Waals surface area contributed by atoms with E-state index in [1.807, 2.05) is 6.07 Å². The van der Waals surface area contributed by atoms with Crippen LogP contribution in [0.15, 0.2) is 30.3 Å². The van der Waals surface area contributed by atoms with E-state index in [0.717, 1.165) is 10.5 Å².